The van der Waals surface area contributed by atoms with E-state index in [4.69, 9.17) is 5.73 Å². The van der Waals surface area contributed by atoms with E-state index in [9.17, 15) is 0 Å². The molecule has 0 aromatic carbocycles. The van der Waals surface area contributed by atoms with Crippen molar-refractivity contribution in [3.05, 3.63) is 18.2 Å². The van der Waals surface area contributed by atoms with Crippen LogP contribution in [-0.4, -0.2) is 33.6 Å². The molecule has 0 aliphatic carbocycles. The largest absolute Gasteiger partial charge is 0.337 e. The molecular formula is C12H23ClN4. The third-order valence-corrected chi connectivity index (χ3v) is 3.57. The molecule has 2 atom stereocenters. The summed E-state index contributed by atoms with van der Waals surface area (Å²) in [5.41, 5.74) is 5.99. The molecule has 1 fully saturated rings. The van der Waals surface area contributed by atoms with E-state index in [1.54, 1.807) is 0 Å². The Balaban J connectivity index is 0.00000144. The SMILES string of the molecule is CC(N)C1CCCN(Cc2nccn2C)C1.Cl. The highest BCUT2D eigenvalue weighted by Gasteiger charge is 2.23. The van der Waals surface area contributed by atoms with E-state index >= 15 is 0 Å². The van der Waals surface area contributed by atoms with Gasteiger partial charge in [-0.1, -0.05) is 0 Å². The van der Waals surface area contributed by atoms with Gasteiger partial charge < -0.3 is 10.3 Å². The summed E-state index contributed by atoms with van der Waals surface area (Å²) in [6.45, 7) is 5.36. The molecule has 2 unspecified atom stereocenters. The number of piperidine rings is 1. The van der Waals surface area contributed by atoms with Gasteiger partial charge in [-0.25, -0.2) is 4.98 Å². The van der Waals surface area contributed by atoms with E-state index in [2.05, 4.69) is 28.4 Å². The highest BCUT2D eigenvalue weighted by molar-refractivity contribution is 5.85. The van der Waals surface area contributed by atoms with Crippen LogP contribution in [0.25, 0.3) is 0 Å². The second-order valence-corrected chi connectivity index (χ2v) is 4.95. The molecule has 2 rings (SSSR count). The summed E-state index contributed by atoms with van der Waals surface area (Å²) >= 11 is 0. The van der Waals surface area contributed by atoms with Crippen LogP contribution < -0.4 is 5.73 Å². The first-order valence-electron chi connectivity index (χ1n) is 6.11. The summed E-state index contributed by atoms with van der Waals surface area (Å²) in [7, 11) is 2.05. The molecule has 4 nitrogen and oxygen atoms in total. The number of hydrogen-bond donors (Lipinski definition) is 1. The van der Waals surface area contributed by atoms with Gasteiger partial charge in [-0.05, 0) is 32.2 Å². The lowest BCUT2D eigenvalue weighted by molar-refractivity contribution is 0.150. The van der Waals surface area contributed by atoms with Crippen molar-refractivity contribution in [1.82, 2.24) is 14.5 Å². The lowest BCUT2D eigenvalue weighted by Crippen LogP contribution is -2.42. The number of nitrogens with two attached hydrogens (primary N) is 1. The zero-order chi connectivity index (χ0) is 11.5. The number of nitrogens with zero attached hydrogens (tertiary/aromatic N) is 3. The first-order chi connectivity index (χ1) is 7.66. The van der Waals surface area contributed by atoms with Crippen LogP contribution in [0.2, 0.25) is 0 Å². The highest BCUT2D eigenvalue weighted by atomic mass is 35.5. The fourth-order valence-corrected chi connectivity index (χ4v) is 2.41. The van der Waals surface area contributed by atoms with Crippen molar-refractivity contribution in [2.45, 2.75) is 32.4 Å². The van der Waals surface area contributed by atoms with Crippen molar-refractivity contribution in [3.8, 4) is 0 Å². The third kappa shape index (κ3) is 3.69. The smallest absolute Gasteiger partial charge is 0.122 e. The fraction of sp³-hybridized carbons (Fsp3) is 0.750. The first-order valence-corrected chi connectivity index (χ1v) is 6.11. The van der Waals surface area contributed by atoms with Crippen LogP contribution in [0.3, 0.4) is 0 Å². The summed E-state index contributed by atoms with van der Waals surface area (Å²) in [5.74, 6) is 1.79. The Labute approximate surface area is 110 Å². The van der Waals surface area contributed by atoms with Crippen LogP contribution in [-0.2, 0) is 13.6 Å². The Bertz CT molecular complexity index is 337. The van der Waals surface area contributed by atoms with Gasteiger partial charge in [-0.3, -0.25) is 4.90 Å². The van der Waals surface area contributed by atoms with Crippen molar-refractivity contribution in [2.75, 3.05) is 13.1 Å². The van der Waals surface area contributed by atoms with Gasteiger partial charge in [-0.2, -0.15) is 0 Å². The van der Waals surface area contributed by atoms with Gasteiger partial charge in [-0.15, -0.1) is 12.4 Å². The molecule has 1 aromatic heterocycles. The minimum atomic E-state index is 0. The molecule has 0 spiro atoms. The molecule has 1 aliphatic heterocycles. The minimum absolute atomic E-state index is 0. The normalized spacial score (nSPS) is 23.1. The topological polar surface area (TPSA) is 47.1 Å². The second-order valence-electron chi connectivity index (χ2n) is 4.95. The maximum atomic E-state index is 5.99. The van der Waals surface area contributed by atoms with E-state index in [0.717, 1.165) is 18.9 Å². The van der Waals surface area contributed by atoms with Gasteiger partial charge in [0.15, 0.2) is 0 Å². The Hall–Kier alpha value is -0.580. The van der Waals surface area contributed by atoms with Crippen LogP contribution in [0, 0.1) is 5.92 Å². The average Bonchev–Trinajstić information content (AvgIpc) is 2.65. The molecule has 1 aromatic rings. The van der Waals surface area contributed by atoms with Crippen molar-refractivity contribution in [1.29, 1.82) is 0 Å². The van der Waals surface area contributed by atoms with Crippen LogP contribution in [0.1, 0.15) is 25.6 Å². The van der Waals surface area contributed by atoms with Gasteiger partial charge in [0.2, 0.25) is 0 Å². The summed E-state index contributed by atoms with van der Waals surface area (Å²) in [4.78, 5) is 6.84. The lowest BCUT2D eigenvalue weighted by atomic mass is 9.92. The number of hydrogen-bond acceptors (Lipinski definition) is 3. The standard InChI is InChI=1S/C12H22N4.ClH/c1-10(13)11-4-3-6-16(8-11)9-12-14-5-7-15(12)2;/h5,7,10-11H,3-4,6,8-9,13H2,1-2H3;1H. The van der Waals surface area contributed by atoms with E-state index in [0.29, 0.717) is 12.0 Å². The van der Waals surface area contributed by atoms with Gasteiger partial charge in [0, 0.05) is 32.0 Å². The summed E-state index contributed by atoms with van der Waals surface area (Å²) in [6, 6.07) is 0.309. The van der Waals surface area contributed by atoms with Crippen molar-refractivity contribution in [3.63, 3.8) is 0 Å². The number of imidazole rings is 1. The summed E-state index contributed by atoms with van der Waals surface area (Å²) in [5, 5.41) is 0. The molecule has 17 heavy (non-hydrogen) atoms. The van der Waals surface area contributed by atoms with E-state index in [-0.39, 0.29) is 12.4 Å². The average molecular weight is 259 g/mol. The molecule has 0 bridgehead atoms. The summed E-state index contributed by atoms with van der Waals surface area (Å²) in [6.07, 6.45) is 6.40. The molecular weight excluding hydrogens is 236 g/mol. The number of rotatable bonds is 3. The highest BCUT2D eigenvalue weighted by Crippen LogP contribution is 2.19. The van der Waals surface area contributed by atoms with Crippen LogP contribution in [0.5, 0.6) is 0 Å². The Morgan fingerprint density at radius 1 is 1.59 bits per heavy atom. The molecule has 2 N–H and O–H groups in total. The van der Waals surface area contributed by atoms with Crippen LogP contribution >= 0.6 is 12.4 Å². The lowest BCUT2D eigenvalue weighted by Gasteiger charge is -2.34. The molecule has 1 saturated heterocycles. The maximum Gasteiger partial charge on any atom is 0.122 e. The van der Waals surface area contributed by atoms with Crippen molar-refractivity contribution < 1.29 is 0 Å². The van der Waals surface area contributed by atoms with Crippen LogP contribution in [0.15, 0.2) is 12.4 Å². The first kappa shape index (κ1) is 14.5. The van der Waals surface area contributed by atoms with E-state index in [1.165, 1.54) is 19.4 Å². The Morgan fingerprint density at radius 2 is 2.35 bits per heavy atom. The van der Waals surface area contributed by atoms with Gasteiger partial charge in [0.05, 0.1) is 6.54 Å². The van der Waals surface area contributed by atoms with Crippen molar-refractivity contribution >= 4 is 12.4 Å². The molecule has 5 heteroatoms. The molecule has 0 radical (unpaired) electrons. The number of aryl methyl sites for hydroxylation is 1. The van der Waals surface area contributed by atoms with Gasteiger partial charge in [0.1, 0.15) is 5.82 Å². The predicted octanol–water partition coefficient (Wildman–Crippen LogP) is 1.40. The minimum Gasteiger partial charge on any atom is -0.337 e. The molecule has 1 aliphatic rings. The number of likely N-dealkylation sites (tertiary alicyclic amines) is 1. The Kier molecular flexibility index (Phi) is 5.43. The number of aromatic nitrogens is 2. The maximum absolute atomic E-state index is 5.99. The third-order valence-electron chi connectivity index (χ3n) is 3.57. The molecule has 98 valence electrons. The van der Waals surface area contributed by atoms with Crippen molar-refractivity contribution in [2.24, 2.45) is 18.7 Å². The summed E-state index contributed by atoms with van der Waals surface area (Å²) < 4.78 is 2.09. The molecule has 0 amide bonds. The number of halogens is 1. The Morgan fingerprint density at radius 3 is 2.94 bits per heavy atom. The van der Waals surface area contributed by atoms with Gasteiger partial charge in [0.25, 0.3) is 0 Å². The van der Waals surface area contributed by atoms with E-state index in [1.807, 2.05) is 12.4 Å². The fourth-order valence-electron chi connectivity index (χ4n) is 2.41. The van der Waals surface area contributed by atoms with Gasteiger partial charge >= 0.3 is 0 Å². The quantitative estimate of drug-likeness (QED) is 0.892. The molecule has 2 heterocycles. The van der Waals surface area contributed by atoms with E-state index < -0.39 is 0 Å². The zero-order valence-electron chi connectivity index (χ0n) is 10.7. The van der Waals surface area contributed by atoms with Crippen LogP contribution in [0.4, 0.5) is 0 Å². The zero-order valence-corrected chi connectivity index (χ0v) is 11.5. The second kappa shape index (κ2) is 6.38. The molecule has 0 saturated carbocycles. The monoisotopic (exact) mass is 258 g/mol. The predicted molar refractivity (Wildman–Crippen MR) is 72.1 cm³/mol.